The van der Waals surface area contributed by atoms with Crippen molar-refractivity contribution in [2.45, 2.75) is 44.9 Å². The van der Waals surface area contributed by atoms with Crippen molar-refractivity contribution >= 4 is 29.5 Å². The molecule has 4 amide bonds. The van der Waals surface area contributed by atoms with Crippen LogP contribution in [0.3, 0.4) is 0 Å². The molecule has 4 N–H and O–H groups in total. The average molecular weight is 511 g/mol. The van der Waals surface area contributed by atoms with E-state index in [2.05, 4.69) is 17.2 Å². The molecule has 2 aromatic rings. The Morgan fingerprint density at radius 3 is 2.19 bits per heavy atom. The van der Waals surface area contributed by atoms with Gasteiger partial charge in [0.2, 0.25) is 11.8 Å². The van der Waals surface area contributed by atoms with Crippen molar-refractivity contribution in [3.63, 3.8) is 0 Å². The molecule has 0 fully saturated rings. The van der Waals surface area contributed by atoms with Gasteiger partial charge < -0.3 is 30.7 Å². The van der Waals surface area contributed by atoms with Gasteiger partial charge in [-0.2, -0.15) is 0 Å². The zero-order valence-electron chi connectivity index (χ0n) is 21.5. The van der Waals surface area contributed by atoms with E-state index < -0.39 is 47.9 Å². The second kappa shape index (κ2) is 13.1. The summed E-state index contributed by atoms with van der Waals surface area (Å²) in [7, 11) is 1.53. The number of nitrogens with zero attached hydrogens (tertiary/aromatic N) is 1. The third-order valence-corrected chi connectivity index (χ3v) is 5.04. The lowest BCUT2D eigenvalue weighted by Crippen LogP contribution is -2.53. The first-order valence-electron chi connectivity index (χ1n) is 11.6. The molecule has 0 heterocycles. The molecule has 0 aromatic heterocycles. The van der Waals surface area contributed by atoms with Crippen LogP contribution >= 0.6 is 0 Å². The molecular weight excluding hydrogens is 476 g/mol. The number of hydrogen-bond donors (Lipinski definition) is 3. The monoisotopic (exact) mass is 510 g/mol. The minimum absolute atomic E-state index is 0.0559. The first-order chi connectivity index (χ1) is 17.4. The summed E-state index contributed by atoms with van der Waals surface area (Å²) in [6.45, 7) is 8.64. The molecule has 10 nitrogen and oxygen atoms in total. The van der Waals surface area contributed by atoms with Crippen LogP contribution in [-0.2, 0) is 19.1 Å². The minimum Gasteiger partial charge on any atom is -0.497 e. The lowest BCUT2D eigenvalue weighted by Gasteiger charge is -2.33. The molecule has 0 aliphatic carbocycles. The number of benzene rings is 2. The number of anilines is 1. The highest BCUT2D eigenvalue weighted by Crippen LogP contribution is 2.25. The van der Waals surface area contributed by atoms with Crippen LogP contribution in [0.25, 0.3) is 0 Å². The van der Waals surface area contributed by atoms with Gasteiger partial charge in [-0.05, 0) is 50.6 Å². The third-order valence-electron chi connectivity index (χ3n) is 5.04. The summed E-state index contributed by atoms with van der Waals surface area (Å²) in [6.07, 6.45) is 0.0565. The van der Waals surface area contributed by atoms with Crippen molar-refractivity contribution < 1.29 is 28.7 Å². The molecule has 2 unspecified atom stereocenters. The molecule has 10 heteroatoms. The molecule has 0 aliphatic heterocycles. The molecule has 0 aliphatic rings. The summed E-state index contributed by atoms with van der Waals surface area (Å²) >= 11 is 0. The number of nitrogens with two attached hydrogens (primary N) is 1. The van der Waals surface area contributed by atoms with E-state index in [1.165, 1.54) is 18.1 Å². The zero-order valence-corrected chi connectivity index (χ0v) is 21.5. The maximum atomic E-state index is 13.7. The van der Waals surface area contributed by atoms with Crippen molar-refractivity contribution in [1.29, 1.82) is 0 Å². The minimum atomic E-state index is -1.37. The predicted octanol–water partition coefficient (Wildman–Crippen LogP) is 3.16. The Morgan fingerprint density at radius 1 is 1.05 bits per heavy atom. The van der Waals surface area contributed by atoms with Crippen LogP contribution in [0.5, 0.6) is 5.75 Å². The number of carbonyl (C=O) groups is 4. The van der Waals surface area contributed by atoms with Gasteiger partial charge in [0, 0.05) is 12.2 Å². The molecule has 0 saturated heterocycles. The number of methoxy groups -OCH3 is 1. The number of alkyl carbamates (subject to hydrolysis) is 1. The van der Waals surface area contributed by atoms with E-state index in [0.29, 0.717) is 17.0 Å². The first kappa shape index (κ1) is 28.9. The van der Waals surface area contributed by atoms with Gasteiger partial charge in [-0.1, -0.05) is 36.4 Å². The normalized spacial score (nSPS) is 12.4. The summed E-state index contributed by atoms with van der Waals surface area (Å²) in [5.41, 5.74) is 5.53. The largest absolute Gasteiger partial charge is 0.497 e. The summed E-state index contributed by atoms with van der Waals surface area (Å²) in [6, 6.07) is 12.9. The number of rotatable bonds is 11. The SMILES string of the molecule is C=CCN(C(=O)C(CC(N)=O)NC(=O)OC(C)(C)C)C(C(=O)Nc1ccc(OC)cc1)c1ccccc1. The Kier molecular flexibility index (Phi) is 10.2. The molecule has 0 radical (unpaired) electrons. The van der Waals surface area contributed by atoms with Gasteiger partial charge in [-0.3, -0.25) is 14.4 Å². The second-order valence-corrected chi connectivity index (χ2v) is 9.18. The number of nitrogens with one attached hydrogen (secondary N) is 2. The topological polar surface area (TPSA) is 140 Å². The highest BCUT2D eigenvalue weighted by Gasteiger charge is 2.36. The number of carbonyl (C=O) groups excluding carboxylic acids is 4. The molecule has 198 valence electrons. The van der Waals surface area contributed by atoms with Crippen molar-refractivity contribution in [1.82, 2.24) is 10.2 Å². The number of amides is 4. The van der Waals surface area contributed by atoms with Gasteiger partial charge >= 0.3 is 6.09 Å². The average Bonchev–Trinajstić information content (AvgIpc) is 2.82. The van der Waals surface area contributed by atoms with Crippen LogP contribution < -0.4 is 21.1 Å². The number of ether oxygens (including phenoxy) is 2. The van der Waals surface area contributed by atoms with Crippen molar-refractivity contribution in [2.24, 2.45) is 5.73 Å². The van der Waals surface area contributed by atoms with Crippen molar-refractivity contribution in [2.75, 3.05) is 19.0 Å². The van der Waals surface area contributed by atoms with E-state index >= 15 is 0 Å². The molecule has 0 spiro atoms. The van der Waals surface area contributed by atoms with Gasteiger partial charge in [0.05, 0.1) is 13.5 Å². The van der Waals surface area contributed by atoms with Crippen molar-refractivity contribution in [3.05, 3.63) is 72.8 Å². The highest BCUT2D eigenvalue weighted by atomic mass is 16.6. The maximum Gasteiger partial charge on any atom is 0.408 e. The summed E-state index contributed by atoms with van der Waals surface area (Å²) in [5, 5.41) is 5.23. The lowest BCUT2D eigenvalue weighted by atomic mass is 10.0. The predicted molar refractivity (Wildman–Crippen MR) is 140 cm³/mol. The van der Waals surface area contributed by atoms with Crippen LogP contribution in [0.15, 0.2) is 67.3 Å². The van der Waals surface area contributed by atoms with Gasteiger partial charge in [0.25, 0.3) is 5.91 Å². The summed E-state index contributed by atoms with van der Waals surface area (Å²) < 4.78 is 10.4. The fourth-order valence-corrected chi connectivity index (χ4v) is 3.51. The fraction of sp³-hybridized carbons (Fsp3) is 0.333. The van der Waals surface area contributed by atoms with Crippen LogP contribution in [0.4, 0.5) is 10.5 Å². The zero-order chi connectivity index (χ0) is 27.6. The van der Waals surface area contributed by atoms with Crippen LogP contribution in [0.2, 0.25) is 0 Å². The van der Waals surface area contributed by atoms with E-state index in [1.807, 2.05) is 0 Å². The smallest absolute Gasteiger partial charge is 0.408 e. The molecule has 0 saturated carbocycles. The van der Waals surface area contributed by atoms with Gasteiger partial charge in [0.15, 0.2) is 0 Å². The Hall–Kier alpha value is -4.34. The maximum absolute atomic E-state index is 13.7. The van der Waals surface area contributed by atoms with Crippen LogP contribution in [0, 0.1) is 0 Å². The molecule has 2 rings (SSSR count). The Morgan fingerprint density at radius 2 is 1.68 bits per heavy atom. The lowest BCUT2D eigenvalue weighted by molar-refractivity contribution is -0.141. The van der Waals surface area contributed by atoms with E-state index in [0.717, 1.165) is 0 Å². The Bertz CT molecular complexity index is 1100. The van der Waals surface area contributed by atoms with Gasteiger partial charge in [0.1, 0.15) is 23.4 Å². The molecule has 2 atom stereocenters. The van der Waals surface area contributed by atoms with E-state index in [9.17, 15) is 19.2 Å². The van der Waals surface area contributed by atoms with Gasteiger partial charge in [-0.25, -0.2) is 4.79 Å². The number of primary amides is 1. The number of hydrogen-bond acceptors (Lipinski definition) is 6. The van der Waals surface area contributed by atoms with E-state index in [1.54, 1.807) is 75.4 Å². The quantitative estimate of drug-likeness (QED) is 0.397. The van der Waals surface area contributed by atoms with Crippen LogP contribution in [0.1, 0.15) is 38.8 Å². The van der Waals surface area contributed by atoms with E-state index in [-0.39, 0.29) is 6.54 Å². The highest BCUT2D eigenvalue weighted by molar-refractivity contribution is 5.99. The first-order valence-corrected chi connectivity index (χ1v) is 11.6. The second-order valence-electron chi connectivity index (χ2n) is 9.18. The third kappa shape index (κ3) is 8.99. The van der Waals surface area contributed by atoms with Crippen molar-refractivity contribution in [3.8, 4) is 5.75 Å². The molecular formula is C27H34N4O6. The van der Waals surface area contributed by atoms with E-state index in [4.69, 9.17) is 15.2 Å². The van der Waals surface area contributed by atoms with Gasteiger partial charge in [-0.15, -0.1) is 6.58 Å². The molecule has 0 bridgehead atoms. The Labute approximate surface area is 216 Å². The standard InChI is InChI=1S/C27H34N4O6/c1-6-16-31(25(34)21(17-22(28)32)30-26(35)37-27(2,3)4)23(18-10-8-7-9-11-18)24(33)29-19-12-14-20(36-5)15-13-19/h6-15,21,23H,1,16-17H2,2-5H3,(H2,28,32)(H,29,33)(H,30,35). The molecule has 37 heavy (non-hydrogen) atoms. The fourth-order valence-electron chi connectivity index (χ4n) is 3.51. The Balaban J connectivity index is 2.44. The molecule has 2 aromatic carbocycles. The summed E-state index contributed by atoms with van der Waals surface area (Å²) in [5.74, 6) is -1.42. The van der Waals surface area contributed by atoms with Crippen LogP contribution in [-0.4, -0.2) is 54.0 Å². The summed E-state index contributed by atoms with van der Waals surface area (Å²) in [4.78, 5) is 52.7.